The molecule has 0 heterocycles. The van der Waals surface area contributed by atoms with Crippen molar-refractivity contribution in [1.82, 2.24) is 5.32 Å². The zero-order valence-electron chi connectivity index (χ0n) is 13.4. The number of nitrogens with zero attached hydrogens (tertiary/aromatic N) is 1. The molecule has 126 valence electrons. The van der Waals surface area contributed by atoms with E-state index in [0.29, 0.717) is 0 Å². The predicted molar refractivity (Wildman–Crippen MR) is 85.4 cm³/mol. The van der Waals surface area contributed by atoms with E-state index in [-0.39, 0.29) is 23.0 Å². The first-order valence-corrected chi connectivity index (χ1v) is 7.31. The molecule has 0 aliphatic carbocycles. The lowest BCUT2D eigenvalue weighted by molar-refractivity contribution is -0.384. The van der Waals surface area contributed by atoms with Crippen molar-refractivity contribution in [3.63, 3.8) is 0 Å². The van der Waals surface area contributed by atoms with Gasteiger partial charge in [0.25, 0.3) is 11.6 Å². The van der Waals surface area contributed by atoms with Gasteiger partial charge in [-0.2, -0.15) is 0 Å². The van der Waals surface area contributed by atoms with Crippen LogP contribution in [0.3, 0.4) is 0 Å². The molecule has 0 fully saturated rings. The summed E-state index contributed by atoms with van der Waals surface area (Å²) >= 11 is 0. The fraction of sp³-hybridized carbons (Fsp3) is 0.467. The number of ether oxygens (including phenoxy) is 1. The molecule has 0 aliphatic rings. The number of hydrogen-bond donors (Lipinski definition) is 2. The number of nitro groups is 1. The number of carbonyl (C=O) groups excluding carboxylic acids is 2. The Morgan fingerprint density at radius 2 is 2.09 bits per heavy atom. The Morgan fingerprint density at radius 1 is 1.39 bits per heavy atom. The summed E-state index contributed by atoms with van der Waals surface area (Å²) in [6, 6.07) is 3.94. The average Bonchev–Trinajstić information content (AvgIpc) is 2.52. The minimum Gasteiger partial charge on any atom is -0.452 e. The van der Waals surface area contributed by atoms with Gasteiger partial charge in [-0.05, 0) is 25.5 Å². The number of esters is 1. The van der Waals surface area contributed by atoms with Crippen LogP contribution in [-0.2, 0) is 9.53 Å². The average molecular weight is 323 g/mol. The van der Waals surface area contributed by atoms with E-state index in [9.17, 15) is 19.7 Å². The molecule has 1 aromatic carbocycles. The zero-order chi connectivity index (χ0) is 17.4. The Bertz CT molecular complexity index is 588. The Hall–Kier alpha value is -2.64. The third kappa shape index (κ3) is 5.57. The summed E-state index contributed by atoms with van der Waals surface area (Å²) in [6.45, 7) is 3.45. The number of anilines is 1. The van der Waals surface area contributed by atoms with E-state index in [1.165, 1.54) is 12.1 Å². The van der Waals surface area contributed by atoms with Gasteiger partial charge < -0.3 is 15.4 Å². The molecule has 23 heavy (non-hydrogen) atoms. The highest BCUT2D eigenvalue weighted by Crippen LogP contribution is 2.25. The second-order valence-electron chi connectivity index (χ2n) is 5.07. The molecule has 8 heteroatoms. The summed E-state index contributed by atoms with van der Waals surface area (Å²) in [4.78, 5) is 33.9. The number of carbonyl (C=O) groups is 2. The maximum Gasteiger partial charge on any atom is 0.338 e. The van der Waals surface area contributed by atoms with Gasteiger partial charge in [0.1, 0.15) is 5.69 Å². The summed E-state index contributed by atoms with van der Waals surface area (Å²) in [7, 11) is 1.54. The maximum atomic E-state index is 11.9. The molecule has 0 unspecified atom stereocenters. The molecule has 1 amide bonds. The number of hydrogen-bond acceptors (Lipinski definition) is 6. The van der Waals surface area contributed by atoms with Gasteiger partial charge in [0.15, 0.2) is 6.61 Å². The van der Waals surface area contributed by atoms with Crippen LogP contribution in [-0.4, -0.2) is 36.5 Å². The van der Waals surface area contributed by atoms with Crippen LogP contribution in [0.5, 0.6) is 0 Å². The molecular weight excluding hydrogens is 302 g/mol. The zero-order valence-corrected chi connectivity index (χ0v) is 13.4. The highest BCUT2D eigenvalue weighted by molar-refractivity contribution is 5.93. The van der Waals surface area contributed by atoms with E-state index in [2.05, 4.69) is 10.6 Å². The van der Waals surface area contributed by atoms with Crippen molar-refractivity contribution >= 4 is 23.3 Å². The second kappa shape index (κ2) is 8.72. The standard InChI is InChI=1S/C15H21N3O5/c1-4-5-10(2)17-14(19)9-23-15(20)11-6-7-12(16-3)13(8-11)18(21)22/h6-8,10,16H,4-5,9H2,1-3H3,(H,17,19)/t10-/m1/s1. The SMILES string of the molecule is CCC[C@@H](C)NC(=O)COC(=O)c1ccc(NC)c([N+](=O)[O-])c1. The van der Waals surface area contributed by atoms with Crippen LogP contribution in [0.1, 0.15) is 37.0 Å². The highest BCUT2D eigenvalue weighted by atomic mass is 16.6. The fourth-order valence-electron chi connectivity index (χ4n) is 2.06. The molecule has 0 aliphatic heterocycles. The molecular formula is C15H21N3O5. The first kappa shape index (κ1) is 18.4. The highest BCUT2D eigenvalue weighted by Gasteiger charge is 2.18. The lowest BCUT2D eigenvalue weighted by Crippen LogP contribution is -2.35. The molecule has 0 saturated heterocycles. The van der Waals surface area contributed by atoms with Gasteiger partial charge in [-0.25, -0.2) is 4.79 Å². The quantitative estimate of drug-likeness (QED) is 0.430. The van der Waals surface area contributed by atoms with Crippen molar-refractivity contribution in [3.05, 3.63) is 33.9 Å². The Morgan fingerprint density at radius 3 is 2.65 bits per heavy atom. The maximum absolute atomic E-state index is 11.9. The second-order valence-corrected chi connectivity index (χ2v) is 5.07. The van der Waals surface area contributed by atoms with Crippen LogP contribution in [0.2, 0.25) is 0 Å². The minimum atomic E-state index is -0.783. The third-order valence-electron chi connectivity index (χ3n) is 3.16. The first-order valence-electron chi connectivity index (χ1n) is 7.31. The molecule has 2 N–H and O–H groups in total. The molecule has 1 aromatic rings. The molecule has 0 radical (unpaired) electrons. The molecule has 1 atom stereocenters. The van der Waals surface area contributed by atoms with E-state index in [0.717, 1.165) is 18.9 Å². The van der Waals surface area contributed by atoms with Crippen LogP contribution in [0.15, 0.2) is 18.2 Å². The van der Waals surface area contributed by atoms with Gasteiger partial charge in [0.2, 0.25) is 0 Å². The Balaban J connectivity index is 2.66. The molecule has 0 aromatic heterocycles. The van der Waals surface area contributed by atoms with Gasteiger partial charge in [-0.15, -0.1) is 0 Å². The van der Waals surface area contributed by atoms with Crippen LogP contribution >= 0.6 is 0 Å². The molecule has 1 rings (SSSR count). The van der Waals surface area contributed by atoms with Crippen molar-refractivity contribution in [2.24, 2.45) is 0 Å². The lowest BCUT2D eigenvalue weighted by atomic mass is 10.1. The van der Waals surface area contributed by atoms with Crippen molar-refractivity contribution in [2.75, 3.05) is 19.0 Å². The van der Waals surface area contributed by atoms with E-state index >= 15 is 0 Å². The van der Waals surface area contributed by atoms with Gasteiger partial charge in [0, 0.05) is 19.2 Å². The Labute approximate surface area is 134 Å². The largest absolute Gasteiger partial charge is 0.452 e. The number of benzene rings is 1. The lowest BCUT2D eigenvalue weighted by Gasteiger charge is -2.12. The van der Waals surface area contributed by atoms with Gasteiger partial charge in [-0.3, -0.25) is 14.9 Å². The summed E-state index contributed by atoms with van der Waals surface area (Å²) in [6.07, 6.45) is 1.76. The van der Waals surface area contributed by atoms with E-state index in [1.54, 1.807) is 7.05 Å². The van der Waals surface area contributed by atoms with E-state index < -0.39 is 23.4 Å². The van der Waals surface area contributed by atoms with Gasteiger partial charge in [-0.1, -0.05) is 13.3 Å². The first-order chi connectivity index (χ1) is 10.9. The molecule has 0 saturated carbocycles. The topological polar surface area (TPSA) is 111 Å². The Kier molecular flexibility index (Phi) is 6.98. The molecule has 8 nitrogen and oxygen atoms in total. The van der Waals surface area contributed by atoms with Crippen LogP contribution in [0.4, 0.5) is 11.4 Å². The normalized spacial score (nSPS) is 11.4. The van der Waals surface area contributed by atoms with Crippen LogP contribution in [0, 0.1) is 10.1 Å². The summed E-state index contributed by atoms with van der Waals surface area (Å²) in [5.74, 6) is -1.19. The van der Waals surface area contributed by atoms with Crippen molar-refractivity contribution in [1.29, 1.82) is 0 Å². The third-order valence-corrected chi connectivity index (χ3v) is 3.16. The summed E-state index contributed by atoms with van der Waals surface area (Å²) < 4.78 is 4.88. The number of rotatable bonds is 8. The summed E-state index contributed by atoms with van der Waals surface area (Å²) in [5, 5.41) is 16.3. The van der Waals surface area contributed by atoms with Gasteiger partial charge in [0.05, 0.1) is 10.5 Å². The van der Waals surface area contributed by atoms with Crippen LogP contribution < -0.4 is 10.6 Å². The van der Waals surface area contributed by atoms with Crippen molar-refractivity contribution in [3.8, 4) is 0 Å². The number of amides is 1. The van der Waals surface area contributed by atoms with Crippen molar-refractivity contribution in [2.45, 2.75) is 32.7 Å². The number of nitro benzene ring substituents is 1. The number of nitrogens with one attached hydrogen (secondary N) is 2. The smallest absolute Gasteiger partial charge is 0.338 e. The molecule has 0 bridgehead atoms. The van der Waals surface area contributed by atoms with Crippen LogP contribution in [0.25, 0.3) is 0 Å². The van der Waals surface area contributed by atoms with Gasteiger partial charge >= 0.3 is 5.97 Å². The van der Waals surface area contributed by atoms with Crippen molar-refractivity contribution < 1.29 is 19.2 Å². The summed E-state index contributed by atoms with van der Waals surface area (Å²) in [5.41, 5.74) is 0.0748. The molecule has 0 spiro atoms. The van der Waals surface area contributed by atoms with E-state index in [4.69, 9.17) is 4.74 Å². The van der Waals surface area contributed by atoms with E-state index in [1.807, 2.05) is 13.8 Å². The predicted octanol–water partition coefficient (Wildman–Crippen LogP) is 2.10. The minimum absolute atomic E-state index is 0.00204. The monoisotopic (exact) mass is 323 g/mol. The fourth-order valence-corrected chi connectivity index (χ4v) is 2.06.